The molecule has 0 unspecified atom stereocenters. The smallest absolute Gasteiger partial charge is 0.317 e. The summed E-state index contributed by atoms with van der Waals surface area (Å²) in [6, 6.07) is -0.615. The van der Waals surface area contributed by atoms with Gasteiger partial charge in [0.1, 0.15) is 5.82 Å². The third-order valence-electron chi connectivity index (χ3n) is 7.32. The maximum absolute atomic E-state index is 13.0. The second kappa shape index (κ2) is 15.5. The van der Waals surface area contributed by atoms with Gasteiger partial charge in [-0.05, 0) is 58.7 Å². The van der Waals surface area contributed by atoms with Gasteiger partial charge in [0.05, 0.1) is 18.3 Å². The van der Waals surface area contributed by atoms with E-state index in [9.17, 15) is 13.2 Å². The molecule has 0 spiro atoms. The van der Waals surface area contributed by atoms with Gasteiger partial charge in [-0.15, -0.1) is 0 Å². The Morgan fingerprint density at radius 1 is 1.08 bits per heavy atom. The summed E-state index contributed by atoms with van der Waals surface area (Å²) in [6.45, 7) is 12.2. The number of nitrogens with zero attached hydrogens (tertiary/aromatic N) is 5. The average Bonchev–Trinajstić information content (AvgIpc) is 3.24. The summed E-state index contributed by atoms with van der Waals surface area (Å²) < 4.78 is 30.6. The molecule has 36 heavy (non-hydrogen) atoms. The molecule has 0 aromatic carbocycles. The number of nitrogens with one attached hydrogen (secondary N) is 2. The van der Waals surface area contributed by atoms with E-state index in [-0.39, 0.29) is 18.3 Å². The highest BCUT2D eigenvalue weighted by molar-refractivity contribution is 7.89. The Bertz CT molecular complexity index is 876. The van der Waals surface area contributed by atoms with Crippen molar-refractivity contribution in [2.75, 3.05) is 38.5 Å². The molecule has 1 saturated carbocycles. The number of urea groups is 1. The maximum atomic E-state index is 13.0. The fraction of sp³-hybridized carbons (Fsp3) is 0.880. The Balaban J connectivity index is 2.09. The number of amides is 2. The lowest BCUT2D eigenvalue weighted by atomic mass is 9.85. The van der Waals surface area contributed by atoms with E-state index in [1.165, 1.54) is 32.1 Å². The lowest BCUT2D eigenvalue weighted by Gasteiger charge is -2.24. The van der Waals surface area contributed by atoms with Crippen molar-refractivity contribution in [2.24, 2.45) is 13.0 Å². The van der Waals surface area contributed by atoms with Gasteiger partial charge in [0.2, 0.25) is 10.0 Å². The van der Waals surface area contributed by atoms with E-state index in [0.29, 0.717) is 43.5 Å². The highest BCUT2D eigenvalue weighted by Gasteiger charge is 2.26. The van der Waals surface area contributed by atoms with Gasteiger partial charge in [-0.3, -0.25) is 4.68 Å². The van der Waals surface area contributed by atoms with Crippen molar-refractivity contribution in [3.8, 4) is 0 Å². The molecule has 1 atom stereocenters. The third kappa shape index (κ3) is 9.97. The van der Waals surface area contributed by atoms with E-state index in [2.05, 4.69) is 38.9 Å². The van der Waals surface area contributed by atoms with Crippen LogP contribution in [0, 0.1) is 5.92 Å². The molecule has 1 aromatic rings. The van der Waals surface area contributed by atoms with E-state index < -0.39 is 16.1 Å². The molecule has 1 aliphatic carbocycles. The van der Waals surface area contributed by atoms with Crippen LogP contribution in [0.15, 0.2) is 0 Å². The molecule has 2 amide bonds. The molecule has 0 aliphatic heterocycles. The van der Waals surface area contributed by atoms with Crippen LogP contribution < -0.4 is 10.0 Å². The molecule has 0 saturated heterocycles. The lowest BCUT2D eigenvalue weighted by Crippen LogP contribution is -2.39. The van der Waals surface area contributed by atoms with E-state index in [1.54, 1.807) is 16.6 Å². The molecule has 10 nitrogen and oxygen atoms in total. The maximum Gasteiger partial charge on any atom is 0.317 e. The van der Waals surface area contributed by atoms with Gasteiger partial charge in [-0.1, -0.05) is 46.0 Å². The van der Waals surface area contributed by atoms with Gasteiger partial charge in [0.25, 0.3) is 0 Å². The van der Waals surface area contributed by atoms with Crippen molar-refractivity contribution >= 4 is 16.1 Å². The van der Waals surface area contributed by atoms with Crippen molar-refractivity contribution in [1.82, 2.24) is 34.6 Å². The van der Waals surface area contributed by atoms with Gasteiger partial charge in [-0.2, -0.15) is 5.10 Å². The van der Waals surface area contributed by atoms with Gasteiger partial charge in [-0.25, -0.2) is 22.9 Å². The lowest BCUT2D eigenvalue weighted by molar-refractivity contribution is 0.202. The third-order valence-corrected chi connectivity index (χ3v) is 8.79. The number of hydrogen-bond donors (Lipinski definition) is 2. The Kier molecular flexibility index (Phi) is 13.1. The van der Waals surface area contributed by atoms with E-state index in [4.69, 9.17) is 0 Å². The predicted molar refractivity (Wildman–Crippen MR) is 144 cm³/mol. The number of aryl methyl sites for hydroxylation is 1. The minimum absolute atomic E-state index is 0.0864. The van der Waals surface area contributed by atoms with Gasteiger partial charge >= 0.3 is 6.03 Å². The molecule has 11 heteroatoms. The summed E-state index contributed by atoms with van der Waals surface area (Å²) in [5.41, 5.74) is 0. The molecule has 2 rings (SSSR count). The van der Waals surface area contributed by atoms with Crippen LogP contribution in [0.4, 0.5) is 4.79 Å². The molecular weight excluding hydrogens is 478 g/mol. The number of aromatic nitrogens is 3. The van der Waals surface area contributed by atoms with Gasteiger partial charge < -0.3 is 15.1 Å². The van der Waals surface area contributed by atoms with Gasteiger partial charge in [0, 0.05) is 20.1 Å². The minimum Gasteiger partial charge on any atom is -0.331 e. The fourth-order valence-electron chi connectivity index (χ4n) is 4.93. The Morgan fingerprint density at radius 2 is 1.75 bits per heavy atom. The molecule has 2 N–H and O–H groups in total. The Labute approximate surface area is 218 Å². The first-order valence-electron chi connectivity index (χ1n) is 13.9. The van der Waals surface area contributed by atoms with Crippen LogP contribution in [-0.2, 0) is 23.6 Å². The summed E-state index contributed by atoms with van der Waals surface area (Å²) in [6.07, 6.45) is 8.45. The molecule has 0 radical (unpaired) electrons. The molecule has 0 bridgehead atoms. The van der Waals surface area contributed by atoms with Crippen LogP contribution in [-0.4, -0.2) is 77.5 Å². The Hall–Kier alpha value is -1.72. The number of carbonyl (C=O) groups excluding carboxylic acids is 1. The zero-order valence-corrected chi connectivity index (χ0v) is 23.9. The number of carbonyl (C=O) groups is 1. The van der Waals surface area contributed by atoms with E-state index in [1.807, 2.05) is 13.8 Å². The normalized spacial score (nSPS) is 15.8. The zero-order chi connectivity index (χ0) is 26.6. The second-order valence-corrected chi connectivity index (χ2v) is 11.7. The molecular formula is C25H49N7O3S. The number of hydrogen-bond acceptors (Lipinski definition) is 6. The number of sulfonamides is 1. The monoisotopic (exact) mass is 527 g/mol. The summed E-state index contributed by atoms with van der Waals surface area (Å²) in [4.78, 5) is 20.9. The summed E-state index contributed by atoms with van der Waals surface area (Å²) in [5, 5.41) is 7.46. The van der Waals surface area contributed by atoms with Crippen LogP contribution in [0.25, 0.3) is 0 Å². The summed E-state index contributed by atoms with van der Waals surface area (Å²) in [7, 11) is -1.70. The highest BCUT2D eigenvalue weighted by Crippen LogP contribution is 2.30. The molecule has 208 valence electrons. The molecule has 1 heterocycles. The topological polar surface area (TPSA) is 112 Å². The van der Waals surface area contributed by atoms with Crippen LogP contribution in [0.5, 0.6) is 0 Å². The zero-order valence-electron chi connectivity index (χ0n) is 23.1. The quantitative estimate of drug-likeness (QED) is 0.341. The SMILES string of the molecule is CCN(CC)CCCS(=O)(=O)N[C@H](CCC1CCCCC1)c1nc(CNC(=O)N(CC)CC)n(C)n1. The summed E-state index contributed by atoms with van der Waals surface area (Å²) in [5.74, 6) is 1.80. The predicted octanol–water partition coefficient (Wildman–Crippen LogP) is 3.42. The Morgan fingerprint density at radius 3 is 2.36 bits per heavy atom. The number of rotatable bonds is 16. The first kappa shape index (κ1) is 30.5. The fourth-order valence-corrected chi connectivity index (χ4v) is 6.21. The first-order chi connectivity index (χ1) is 17.2. The van der Waals surface area contributed by atoms with Gasteiger partial charge in [0.15, 0.2) is 5.82 Å². The van der Waals surface area contributed by atoms with Crippen molar-refractivity contribution in [1.29, 1.82) is 0 Å². The van der Waals surface area contributed by atoms with E-state index >= 15 is 0 Å². The van der Waals surface area contributed by atoms with Crippen LogP contribution in [0.2, 0.25) is 0 Å². The van der Waals surface area contributed by atoms with Crippen molar-refractivity contribution in [3.05, 3.63) is 11.6 Å². The second-order valence-electron chi connectivity index (χ2n) is 9.79. The average molecular weight is 528 g/mol. The van der Waals surface area contributed by atoms with Crippen LogP contribution in [0.3, 0.4) is 0 Å². The summed E-state index contributed by atoms with van der Waals surface area (Å²) >= 11 is 0. The van der Waals surface area contributed by atoms with Crippen LogP contribution in [0.1, 0.15) is 96.8 Å². The first-order valence-corrected chi connectivity index (χ1v) is 15.5. The molecule has 1 fully saturated rings. The molecule has 1 aliphatic rings. The largest absolute Gasteiger partial charge is 0.331 e. The van der Waals surface area contributed by atoms with E-state index in [0.717, 1.165) is 26.1 Å². The van der Waals surface area contributed by atoms with Crippen LogP contribution >= 0.6 is 0 Å². The highest BCUT2D eigenvalue weighted by atomic mass is 32.2. The van der Waals surface area contributed by atoms with Crippen molar-refractivity contribution in [3.63, 3.8) is 0 Å². The minimum atomic E-state index is -3.48. The van der Waals surface area contributed by atoms with Crippen molar-refractivity contribution in [2.45, 2.75) is 91.6 Å². The molecule has 1 aromatic heterocycles. The van der Waals surface area contributed by atoms with Crippen molar-refractivity contribution < 1.29 is 13.2 Å². The standard InChI is InChI=1S/C25H49N7O3S/c1-6-31(7-2)18-13-19-36(34,35)29-22(17-16-21-14-11-10-12-15-21)24-27-23(30(5)28-24)20-26-25(33)32(8-3)9-4/h21-22,29H,6-20H2,1-5H3,(H,26,33)/t22-/m1/s1.